The number of fused-ring (bicyclic) bond motifs is 1. The van der Waals surface area contributed by atoms with Gasteiger partial charge in [-0.1, -0.05) is 18.2 Å². The van der Waals surface area contributed by atoms with Gasteiger partial charge in [-0.25, -0.2) is 8.78 Å². The summed E-state index contributed by atoms with van der Waals surface area (Å²) in [5.74, 6) is -1.51. The van der Waals surface area contributed by atoms with Crippen molar-refractivity contribution in [2.75, 3.05) is 6.61 Å². The van der Waals surface area contributed by atoms with E-state index in [1.807, 2.05) is 12.1 Å². The van der Waals surface area contributed by atoms with Crippen molar-refractivity contribution in [1.82, 2.24) is 0 Å². The second-order valence-corrected chi connectivity index (χ2v) is 5.72. The Morgan fingerprint density at radius 3 is 2.81 bits per heavy atom. The van der Waals surface area contributed by atoms with Crippen molar-refractivity contribution in [1.29, 1.82) is 0 Å². The van der Waals surface area contributed by atoms with Crippen LogP contribution in [0, 0.1) is 11.6 Å². The van der Waals surface area contributed by atoms with Gasteiger partial charge in [0.1, 0.15) is 29.8 Å². The van der Waals surface area contributed by atoms with Crippen LogP contribution >= 0.6 is 15.9 Å². The van der Waals surface area contributed by atoms with Gasteiger partial charge in [0.05, 0.1) is 10.4 Å². The molecule has 2 aromatic carbocycles. The minimum atomic E-state index is -0.726. The van der Waals surface area contributed by atoms with Crippen molar-refractivity contribution in [3.8, 4) is 5.75 Å². The van der Waals surface area contributed by atoms with Crippen LogP contribution in [0.5, 0.6) is 5.75 Å². The zero-order chi connectivity index (χ0) is 15.0. The van der Waals surface area contributed by atoms with Gasteiger partial charge >= 0.3 is 0 Å². The normalized spacial score (nSPS) is 16.4. The number of benzene rings is 2. The Balaban J connectivity index is 1.87. The van der Waals surface area contributed by atoms with Crippen LogP contribution in [0.25, 0.3) is 0 Å². The molecule has 108 valence electrons. The third kappa shape index (κ3) is 2.58. The van der Waals surface area contributed by atoms with Crippen LogP contribution < -0.4 is 4.74 Å². The third-order valence-electron chi connectivity index (χ3n) is 3.58. The zero-order valence-electron chi connectivity index (χ0n) is 10.9. The van der Waals surface area contributed by atoms with Gasteiger partial charge < -0.3 is 4.74 Å². The molecule has 2 nitrogen and oxygen atoms in total. The molecule has 1 atom stereocenters. The number of carbonyl (C=O) groups is 1. The maximum Gasteiger partial charge on any atom is 0.148 e. The lowest BCUT2D eigenvalue weighted by molar-refractivity contribution is -0.120. The summed E-state index contributed by atoms with van der Waals surface area (Å²) in [6, 6.07) is 9.65. The van der Waals surface area contributed by atoms with Crippen molar-refractivity contribution in [2.24, 2.45) is 0 Å². The molecule has 1 unspecified atom stereocenters. The van der Waals surface area contributed by atoms with Crippen LogP contribution in [0.2, 0.25) is 0 Å². The molecule has 0 spiro atoms. The number of hydrogen-bond acceptors (Lipinski definition) is 2. The van der Waals surface area contributed by atoms with E-state index in [0.29, 0.717) is 5.75 Å². The Labute approximate surface area is 128 Å². The van der Waals surface area contributed by atoms with E-state index in [-0.39, 0.29) is 28.8 Å². The van der Waals surface area contributed by atoms with E-state index < -0.39 is 17.6 Å². The molecule has 0 saturated heterocycles. The lowest BCUT2D eigenvalue weighted by Gasteiger charge is -2.10. The van der Waals surface area contributed by atoms with E-state index in [2.05, 4.69) is 15.9 Å². The van der Waals surface area contributed by atoms with E-state index in [4.69, 9.17) is 4.74 Å². The van der Waals surface area contributed by atoms with Gasteiger partial charge in [-0.3, -0.25) is 4.79 Å². The Morgan fingerprint density at radius 2 is 2.00 bits per heavy atom. The molecule has 1 aliphatic rings. The molecule has 0 N–H and O–H groups in total. The fraction of sp³-hybridized carbons (Fsp3) is 0.188. The van der Waals surface area contributed by atoms with Gasteiger partial charge in [-0.15, -0.1) is 0 Å². The monoisotopic (exact) mass is 352 g/mol. The summed E-state index contributed by atoms with van der Waals surface area (Å²) in [7, 11) is 0. The number of carbonyl (C=O) groups excluding carboxylic acids is 1. The maximum absolute atomic E-state index is 13.9. The molecular formula is C16H11BrF2O2. The van der Waals surface area contributed by atoms with Crippen LogP contribution in [0.3, 0.4) is 0 Å². The largest absolute Gasteiger partial charge is 0.492 e. The summed E-state index contributed by atoms with van der Waals surface area (Å²) in [6.07, 6.45) is -0.292. The molecule has 5 heteroatoms. The Kier molecular flexibility index (Phi) is 3.76. The highest BCUT2D eigenvalue weighted by Gasteiger charge is 2.31. The van der Waals surface area contributed by atoms with Gasteiger partial charge in [0.2, 0.25) is 0 Å². The minimum absolute atomic E-state index is 0.148. The Bertz CT molecular complexity index is 715. The third-order valence-corrected chi connectivity index (χ3v) is 4.19. The molecule has 0 saturated carbocycles. The number of halogens is 3. The van der Waals surface area contributed by atoms with Gasteiger partial charge in [0, 0.05) is 17.5 Å². The molecule has 3 rings (SSSR count). The molecular weight excluding hydrogens is 342 g/mol. The second kappa shape index (κ2) is 5.56. The van der Waals surface area contributed by atoms with Crippen LogP contribution in [-0.2, 0) is 11.2 Å². The quantitative estimate of drug-likeness (QED) is 0.780. The van der Waals surface area contributed by atoms with Crippen molar-refractivity contribution in [2.45, 2.75) is 12.3 Å². The fourth-order valence-electron chi connectivity index (χ4n) is 2.46. The first-order chi connectivity index (χ1) is 10.1. The predicted molar refractivity (Wildman–Crippen MR) is 77.4 cm³/mol. The summed E-state index contributed by atoms with van der Waals surface area (Å²) in [5, 5.41) is 0. The van der Waals surface area contributed by atoms with E-state index in [0.717, 1.165) is 11.6 Å². The highest BCUT2D eigenvalue weighted by atomic mass is 79.9. The summed E-state index contributed by atoms with van der Waals surface area (Å²) in [5.41, 5.74) is 0.567. The maximum atomic E-state index is 13.9. The average Bonchev–Trinajstić information content (AvgIpc) is 2.91. The van der Waals surface area contributed by atoms with Crippen molar-refractivity contribution in [3.05, 3.63) is 63.6 Å². The van der Waals surface area contributed by atoms with Crippen LogP contribution in [0.15, 0.2) is 40.9 Å². The zero-order valence-corrected chi connectivity index (χ0v) is 12.5. The lowest BCUT2D eigenvalue weighted by atomic mass is 9.92. The molecule has 21 heavy (non-hydrogen) atoms. The molecule has 0 bridgehead atoms. The lowest BCUT2D eigenvalue weighted by Crippen LogP contribution is -2.18. The predicted octanol–water partition coefficient (Wildman–Crippen LogP) is 4.02. The molecule has 2 aromatic rings. The number of hydrogen-bond donors (Lipinski definition) is 0. The van der Waals surface area contributed by atoms with E-state index >= 15 is 0 Å². The standard InChI is InChI=1S/C16H11BrF2O2/c17-12-5-6-13(18)10(16(12)19)7-14(20)11-8-21-15-4-2-1-3-9(11)15/h1-6,11H,7-8H2. The van der Waals surface area contributed by atoms with Gasteiger partial charge in [0.25, 0.3) is 0 Å². The first-order valence-corrected chi connectivity index (χ1v) is 7.24. The summed E-state index contributed by atoms with van der Waals surface area (Å²) in [6.45, 7) is 0.218. The van der Waals surface area contributed by atoms with Crippen LogP contribution in [-0.4, -0.2) is 12.4 Å². The first-order valence-electron chi connectivity index (χ1n) is 6.44. The molecule has 0 aromatic heterocycles. The minimum Gasteiger partial charge on any atom is -0.492 e. The number of rotatable bonds is 3. The number of para-hydroxylation sites is 1. The summed E-state index contributed by atoms with van der Waals surface area (Å²) in [4.78, 5) is 12.4. The number of ketones is 1. The SMILES string of the molecule is O=C(Cc1c(F)ccc(Br)c1F)C1COc2ccccc21. The number of ether oxygens (including phenoxy) is 1. The molecule has 0 amide bonds. The smallest absolute Gasteiger partial charge is 0.148 e. The van der Waals surface area contributed by atoms with Gasteiger partial charge in [-0.05, 0) is 34.1 Å². The molecule has 0 aliphatic carbocycles. The van der Waals surface area contributed by atoms with E-state index in [9.17, 15) is 13.6 Å². The molecule has 0 radical (unpaired) electrons. The molecule has 0 fully saturated rings. The average molecular weight is 353 g/mol. The van der Waals surface area contributed by atoms with Crippen LogP contribution in [0.4, 0.5) is 8.78 Å². The molecule has 1 aliphatic heterocycles. The van der Waals surface area contributed by atoms with E-state index in [1.165, 1.54) is 6.07 Å². The number of Topliss-reactive ketones (excluding diaryl/α,β-unsaturated/α-hetero) is 1. The highest BCUT2D eigenvalue weighted by molar-refractivity contribution is 9.10. The summed E-state index contributed by atoms with van der Waals surface area (Å²) < 4.78 is 33.2. The van der Waals surface area contributed by atoms with Gasteiger partial charge in [-0.2, -0.15) is 0 Å². The van der Waals surface area contributed by atoms with Crippen molar-refractivity contribution in [3.63, 3.8) is 0 Å². The second-order valence-electron chi connectivity index (χ2n) is 4.87. The Hall–Kier alpha value is -1.75. The highest BCUT2D eigenvalue weighted by Crippen LogP contribution is 2.35. The van der Waals surface area contributed by atoms with Crippen molar-refractivity contribution >= 4 is 21.7 Å². The Morgan fingerprint density at radius 1 is 1.24 bits per heavy atom. The van der Waals surface area contributed by atoms with Crippen LogP contribution in [0.1, 0.15) is 17.0 Å². The topological polar surface area (TPSA) is 26.3 Å². The molecule has 1 heterocycles. The van der Waals surface area contributed by atoms with Gasteiger partial charge in [0.15, 0.2) is 0 Å². The van der Waals surface area contributed by atoms with Crippen molar-refractivity contribution < 1.29 is 18.3 Å². The fourth-order valence-corrected chi connectivity index (χ4v) is 2.83. The van der Waals surface area contributed by atoms with E-state index in [1.54, 1.807) is 12.1 Å². The first kappa shape index (κ1) is 14.2. The summed E-state index contributed by atoms with van der Waals surface area (Å²) >= 11 is 3.00.